The molecule has 1 unspecified atom stereocenters. The summed E-state index contributed by atoms with van der Waals surface area (Å²) in [5.41, 5.74) is 2.57. The largest absolute Gasteiger partial charge is 0.788 e. The van der Waals surface area contributed by atoms with Crippen molar-refractivity contribution in [3.05, 3.63) is 100 Å². The number of aromatic nitrogens is 1. The fourth-order valence-corrected chi connectivity index (χ4v) is 2.85. The predicted octanol–water partition coefficient (Wildman–Crippen LogP) is 6.39. The Hall–Kier alpha value is -2.47. The van der Waals surface area contributed by atoms with Crippen molar-refractivity contribution in [1.82, 2.24) is 4.98 Å². The number of hydrogen-bond acceptors (Lipinski definition) is 4. The van der Waals surface area contributed by atoms with E-state index in [1.165, 1.54) is 0 Å². The fourth-order valence-electron chi connectivity index (χ4n) is 2.51. The Bertz CT molecular complexity index is 932. The average Bonchev–Trinajstić information content (AvgIpc) is 2.72. The smallest absolute Gasteiger partial charge is 0.501 e. The average molecular weight is 428 g/mol. The first-order chi connectivity index (χ1) is 14.0. The first kappa shape index (κ1) is 21.2. The molecule has 0 spiro atoms. The number of rotatable bonds is 8. The van der Waals surface area contributed by atoms with Gasteiger partial charge in [0.25, 0.3) is 0 Å². The Kier molecular flexibility index (Phi) is 7.21. The summed E-state index contributed by atoms with van der Waals surface area (Å²) in [6.07, 6.45) is 2.78. The molecule has 7 heteroatoms. The molecule has 0 aliphatic rings. The van der Waals surface area contributed by atoms with E-state index < -0.39 is 13.4 Å². The molecular weight excluding hydrogens is 408 g/mol. The summed E-state index contributed by atoms with van der Waals surface area (Å²) in [6, 6.07) is 16.3. The van der Waals surface area contributed by atoms with Gasteiger partial charge in [-0.3, -0.25) is 4.98 Å². The van der Waals surface area contributed by atoms with Gasteiger partial charge in [-0.15, -0.1) is 6.58 Å². The lowest BCUT2D eigenvalue weighted by Gasteiger charge is -2.20. The number of halogens is 2. The highest BCUT2D eigenvalue weighted by Gasteiger charge is 2.31. The van der Waals surface area contributed by atoms with Crippen LogP contribution in [0.4, 0.5) is 0 Å². The van der Waals surface area contributed by atoms with Crippen molar-refractivity contribution in [1.29, 1.82) is 0 Å². The van der Waals surface area contributed by atoms with Crippen LogP contribution in [0, 0.1) is 13.8 Å². The third-order valence-electron chi connectivity index (χ3n) is 4.20. The van der Waals surface area contributed by atoms with Crippen LogP contribution < -0.4 is 9.31 Å². The molecule has 3 aromatic rings. The molecule has 0 aliphatic carbocycles. The van der Waals surface area contributed by atoms with E-state index in [-0.39, 0.29) is 0 Å². The molecular formula is C22H20BCl2NO3. The van der Waals surface area contributed by atoms with Crippen LogP contribution >= 0.6 is 23.2 Å². The van der Waals surface area contributed by atoms with Crippen molar-refractivity contribution in [3.8, 4) is 11.5 Å². The first-order valence-electron chi connectivity index (χ1n) is 9.01. The molecule has 0 bridgehead atoms. The van der Waals surface area contributed by atoms with Gasteiger partial charge in [-0.2, -0.15) is 0 Å². The quantitative estimate of drug-likeness (QED) is 0.308. The Morgan fingerprint density at radius 3 is 1.97 bits per heavy atom. The molecule has 2 aromatic carbocycles. The summed E-state index contributed by atoms with van der Waals surface area (Å²) in [6.45, 7) is 7.67. The molecule has 0 fully saturated rings. The van der Waals surface area contributed by atoms with E-state index in [4.69, 9.17) is 37.2 Å². The molecule has 0 N–H and O–H groups in total. The minimum atomic E-state index is -1.09. The molecule has 0 saturated carbocycles. The van der Waals surface area contributed by atoms with E-state index >= 15 is 0 Å². The molecule has 0 saturated heterocycles. The number of nitrogens with zero attached hydrogens (tertiary/aromatic N) is 1. The number of pyridine rings is 1. The lowest BCUT2D eigenvalue weighted by Crippen LogP contribution is -2.35. The summed E-state index contributed by atoms with van der Waals surface area (Å²) in [7, 11) is -1.09. The van der Waals surface area contributed by atoms with Crippen molar-refractivity contribution in [3.63, 3.8) is 0 Å². The highest BCUT2D eigenvalue weighted by atomic mass is 35.5. The Labute approximate surface area is 181 Å². The van der Waals surface area contributed by atoms with Crippen LogP contribution in [-0.2, 0) is 4.65 Å². The van der Waals surface area contributed by atoms with Crippen LogP contribution in [0.15, 0.2) is 73.4 Å². The van der Waals surface area contributed by atoms with Gasteiger partial charge in [-0.05, 0) is 61.4 Å². The van der Waals surface area contributed by atoms with Crippen LogP contribution in [0.3, 0.4) is 0 Å². The van der Waals surface area contributed by atoms with Gasteiger partial charge < -0.3 is 14.0 Å². The van der Waals surface area contributed by atoms with Gasteiger partial charge in [0.1, 0.15) is 17.6 Å². The summed E-state index contributed by atoms with van der Waals surface area (Å²) in [4.78, 5) is 4.32. The topological polar surface area (TPSA) is 40.6 Å². The van der Waals surface area contributed by atoms with Crippen molar-refractivity contribution in [2.45, 2.75) is 20.0 Å². The zero-order valence-corrected chi connectivity index (χ0v) is 17.7. The fraction of sp³-hybridized carbons (Fsp3) is 0.136. The Balaban J connectivity index is 1.85. The maximum Gasteiger partial charge on any atom is 0.788 e. The van der Waals surface area contributed by atoms with E-state index in [1.54, 1.807) is 36.5 Å². The SMILES string of the molecule is C=CC(OB(Oc1ccc(C)c(Cl)c1)Oc1ccc(C)c(Cl)c1)c1ccccn1. The van der Waals surface area contributed by atoms with Crippen molar-refractivity contribution >= 4 is 30.5 Å². The van der Waals surface area contributed by atoms with Gasteiger partial charge in [0.2, 0.25) is 0 Å². The summed E-state index contributed by atoms with van der Waals surface area (Å²) in [5, 5.41) is 1.18. The molecule has 1 heterocycles. The van der Waals surface area contributed by atoms with Crippen LogP contribution in [0.2, 0.25) is 10.0 Å². The molecule has 0 radical (unpaired) electrons. The third kappa shape index (κ3) is 5.76. The van der Waals surface area contributed by atoms with Crippen molar-refractivity contribution in [2.24, 2.45) is 0 Å². The van der Waals surface area contributed by atoms with E-state index in [2.05, 4.69) is 11.6 Å². The van der Waals surface area contributed by atoms with Gasteiger partial charge in [0, 0.05) is 16.2 Å². The molecule has 1 aromatic heterocycles. The summed E-state index contributed by atoms with van der Waals surface area (Å²) in [5.74, 6) is 1.01. The molecule has 0 aliphatic heterocycles. The zero-order valence-electron chi connectivity index (χ0n) is 16.1. The standard InChI is InChI=1S/C22H20BCl2NO3/c1-4-22(21-7-5-6-12-26-21)29-23(27-17-10-8-15(2)19(24)13-17)28-18-11-9-16(3)20(25)14-18/h4-14,22H,1H2,2-3H3. The van der Waals surface area contributed by atoms with Crippen molar-refractivity contribution in [2.75, 3.05) is 0 Å². The summed E-state index contributed by atoms with van der Waals surface area (Å²) < 4.78 is 17.9. The van der Waals surface area contributed by atoms with Crippen LogP contribution in [0.5, 0.6) is 11.5 Å². The second-order valence-corrected chi connectivity index (χ2v) is 7.21. The minimum Gasteiger partial charge on any atom is -0.501 e. The lowest BCUT2D eigenvalue weighted by molar-refractivity contribution is 0.158. The number of aryl methyl sites for hydroxylation is 2. The highest BCUT2D eigenvalue weighted by molar-refractivity contribution is 6.39. The van der Waals surface area contributed by atoms with E-state index in [9.17, 15) is 0 Å². The molecule has 3 rings (SSSR count). The molecule has 29 heavy (non-hydrogen) atoms. The second-order valence-electron chi connectivity index (χ2n) is 6.39. The second kappa shape index (κ2) is 9.83. The van der Waals surface area contributed by atoms with E-state index in [1.807, 2.05) is 44.2 Å². The van der Waals surface area contributed by atoms with Gasteiger partial charge in [0.15, 0.2) is 0 Å². The maximum absolute atomic E-state index is 6.22. The zero-order chi connectivity index (χ0) is 20.8. The minimum absolute atomic E-state index is 0.507. The van der Waals surface area contributed by atoms with Gasteiger partial charge >= 0.3 is 7.32 Å². The predicted molar refractivity (Wildman–Crippen MR) is 118 cm³/mol. The van der Waals surface area contributed by atoms with Crippen molar-refractivity contribution < 1.29 is 14.0 Å². The van der Waals surface area contributed by atoms with Crippen LogP contribution in [-0.4, -0.2) is 12.3 Å². The van der Waals surface area contributed by atoms with Crippen LogP contribution in [0.1, 0.15) is 22.9 Å². The van der Waals surface area contributed by atoms with E-state index in [0.717, 1.165) is 11.1 Å². The maximum atomic E-state index is 6.22. The third-order valence-corrected chi connectivity index (χ3v) is 5.02. The van der Waals surface area contributed by atoms with Gasteiger partial charge in [-0.1, -0.05) is 47.5 Å². The van der Waals surface area contributed by atoms with E-state index in [0.29, 0.717) is 27.2 Å². The molecule has 148 valence electrons. The highest BCUT2D eigenvalue weighted by Crippen LogP contribution is 2.27. The Morgan fingerprint density at radius 2 is 1.52 bits per heavy atom. The summed E-state index contributed by atoms with van der Waals surface area (Å²) >= 11 is 12.4. The first-order valence-corrected chi connectivity index (χ1v) is 9.76. The van der Waals surface area contributed by atoms with Gasteiger partial charge in [0.05, 0.1) is 5.69 Å². The number of benzene rings is 2. The monoisotopic (exact) mass is 427 g/mol. The van der Waals surface area contributed by atoms with Crippen LogP contribution in [0.25, 0.3) is 0 Å². The van der Waals surface area contributed by atoms with Gasteiger partial charge in [-0.25, -0.2) is 0 Å². The lowest BCUT2D eigenvalue weighted by atomic mass is 10.1. The molecule has 4 nitrogen and oxygen atoms in total. The number of hydrogen-bond donors (Lipinski definition) is 0. The Morgan fingerprint density at radius 1 is 0.931 bits per heavy atom. The molecule has 1 atom stereocenters. The normalized spacial score (nSPS) is 11.6. The molecule has 0 amide bonds.